The predicted octanol–water partition coefficient (Wildman–Crippen LogP) is 2.89. The van der Waals surface area contributed by atoms with Gasteiger partial charge < -0.3 is 14.4 Å². The van der Waals surface area contributed by atoms with Crippen LogP contribution in [0, 0.1) is 11.7 Å². The highest BCUT2D eigenvalue weighted by Gasteiger charge is 2.50. The molecule has 0 unspecified atom stereocenters. The third-order valence-electron chi connectivity index (χ3n) is 5.34. The zero-order valence-corrected chi connectivity index (χ0v) is 15.3. The van der Waals surface area contributed by atoms with E-state index in [0.29, 0.717) is 11.9 Å². The zero-order chi connectivity index (χ0) is 17.4. The number of ether oxygens (including phenoxy) is 2. The molecule has 2 heterocycles. The summed E-state index contributed by atoms with van der Waals surface area (Å²) in [7, 11) is 1.50. The highest BCUT2D eigenvalue weighted by Crippen LogP contribution is 2.46. The first-order valence-corrected chi connectivity index (χ1v) is 9.91. The fourth-order valence-electron chi connectivity index (χ4n) is 3.65. The second kappa shape index (κ2) is 6.80. The van der Waals surface area contributed by atoms with Gasteiger partial charge in [0.15, 0.2) is 0 Å². The number of benzene rings is 1. The van der Waals surface area contributed by atoms with E-state index in [4.69, 9.17) is 9.47 Å². The molecule has 2 aliphatic heterocycles. The number of rotatable bonds is 6. The van der Waals surface area contributed by atoms with Crippen LogP contribution in [0.3, 0.4) is 0 Å². The number of amides is 1. The van der Waals surface area contributed by atoms with Crippen molar-refractivity contribution in [1.29, 1.82) is 0 Å². The molecule has 1 saturated carbocycles. The molecule has 0 bridgehead atoms. The van der Waals surface area contributed by atoms with Crippen molar-refractivity contribution in [2.75, 3.05) is 32.6 Å². The number of carbonyl (C=O) groups is 1. The van der Waals surface area contributed by atoms with E-state index in [1.807, 2.05) is 16.7 Å². The van der Waals surface area contributed by atoms with E-state index < -0.39 is 0 Å². The zero-order valence-electron chi connectivity index (χ0n) is 14.5. The average molecular weight is 365 g/mol. The van der Waals surface area contributed by atoms with Crippen LogP contribution in [0.1, 0.15) is 24.8 Å². The second-order valence-corrected chi connectivity index (χ2v) is 8.97. The molecule has 1 amide bonds. The highest BCUT2D eigenvalue weighted by molar-refractivity contribution is 8.01. The van der Waals surface area contributed by atoms with Gasteiger partial charge in [-0.2, -0.15) is 0 Å². The van der Waals surface area contributed by atoms with Crippen LogP contribution in [0.5, 0.6) is 5.75 Å². The van der Waals surface area contributed by atoms with Crippen molar-refractivity contribution < 1.29 is 18.7 Å². The molecular weight excluding hydrogens is 341 g/mol. The van der Waals surface area contributed by atoms with Crippen molar-refractivity contribution in [2.24, 2.45) is 5.92 Å². The Balaban J connectivity index is 1.28. The van der Waals surface area contributed by atoms with Crippen molar-refractivity contribution in [1.82, 2.24) is 4.90 Å². The maximum Gasteiger partial charge on any atom is 0.227 e. The predicted molar refractivity (Wildman–Crippen MR) is 95.5 cm³/mol. The van der Waals surface area contributed by atoms with Crippen LogP contribution >= 0.6 is 11.8 Å². The van der Waals surface area contributed by atoms with Crippen molar-refractivity contribution in [3.05, 3.63) is 29.6 Å². The molecule has 6 heteroatoms. The minimum absolute atomic E-state index is 0.0819. The Hall–Kier alpha value is -1.27. The van der Waals surface area contributed by atoms with Gasteiger partial charge in [-0.25, -0.2) is 4.39 Å². The fourth-order valence-corrected chi connectivity index (χ4v) is 5.20. The number of halogens is 1. The van der Waals surface area contributed by atoms with Gasteiger partial charge in [0, 0.05) is 37.1 Å². The lowest BCUT2D eigenvalue weighted by Crippen LogP contribution is -2.61. The maximum absolute atomic E-state index is 13.3. The summed E-state index contributed by atoms with van der Waals surface area (Å²) in [4.78, 5) is 14.4. The van der Waals surface area contributed by atoms with E-state index in [1.165, 1.54) is 32.1 Å². The molecule has 136 valence electrons. The third-order valence-corrected chi connectivity index (χ3v) is 6.92. The Morgan fingerprint density at radius 3 is 2.92 bits per heavy atom. The van der Waals surface area contributed by atoms with Crippen molar-refractivity contribution >= 4 is 17.7 Å². The summed E-state index contributed by atoms with van der Waals surface area (Å²) < 4.78 is 24.7. The van der Waals surface area contributed by atoms with Gasteiger partial charge in [0.2, 0.25) is 5.91 Å². The molecule has 4 rings (SSSR count). The quantitative estimate of drug-likeness (QED) is 0.777. The van der Waals surface area contributed by atoms with Gasteiger partial charge in [0.05, 0.1) is 24.4 Å². The van der Waals surface area contributed by atoms with Gasteiger partial charge >= 0.3 is 0 Å². The maximum atomic E-state index is 13.3. The molecule has 3 fully saturated rings. The molecule has 0 aromatic heterocycles. The summed E-state index contributed by atoms with van der Waals surface area (Å²) in [6.45, 7) is 2.50. The molecule has 3 aliphatic rings. The molecule has 1 spiro atoms. The molecule has 1 aromatic carbocycles. The Labute approximate surface area is 152 Å². The average Bonchev–Trinajstić information content (AvgIpc) is 3.30. The Morgan fingerprint density at radius 1 is 1.40 bits per heavy atom. The summed E-state index contributed by atoms with van der Waals surface area (Å²) in [5.41, 5.74) is 0.736. The minimum Gasteiger partial charge on any atom is -0.496 e. The van der Waals surface area contributed by atoms with E-state index in [-0.39, 0.29) is 22.9 Å². The van der Waals surface area contributed by atoms with Crippen LogP contribution in [0.2, 0.25) is 0 Å². The van der Waals surface area contributed by atoms with Gasteiger partial charge in [-0.05, 0) is 31.2 Å². The van der Waals surface area contributed by atoms with Gasteiger partial charge in [-0.15, -0.1) is 11.8 Å². The molecular formula is C19H24FNO3S. The van der Waals surface area contributed by atoms with Gasteiger partial charge in [-0.1, -0.05) is 6.07 Å². The number of likely N-dealkylation sites (tertiary alicyclic amines) is 1. The van der Waals surface area contributed by atoms with Crippen molar-refractivity contribution in [2.45, 2.75) is 36.5 Å². The Bertz CT molecular complexity index is 658. The largest absolute Gasteiger partial charge is 0.496 e. The molecule has 0 radical (unpaired) electrons. The SMILES string of the molecule is COc1cc(F)ccc1CC(=O)N1CC2(C[C@@H](OCC3CC3)CS2)C1. The normalized spacial score (nSPS) is 24.4. The van der Waals surface area contributed by atoms with Crippen LogP contribution in [0.15, 0.2) is 18.2 Å². The lowest BCUT2D eigenvalue weighted by molar-refractivity contribution is -0.136. The molecule has 2 saturated heterocycles. The lowest BCUT2D eigenvalue weighted by atomic mass is 9.92. The lowest BCUT2D eigenvalue weighted by Gasteiger charge is -2.47. The first kappa shape index (κ1) is 17.2. The van der Waals surface area contributed by atoms with E-state index in [9.17, 15) is 9.18 Å². The van der Waals surface area contributed by atoms with Gasteiger partial charge in [-0.3, -0.25) is 4.79 Å². The van der Waals surface area contributed by atoms with Crippen LogP contribution in [0.4, 0.5) is 4.39 Å². The number of hydrogen-bond acceptors (Lipinski definition) is 4. The molecule has 0 N–H and O–H groups in total. The number of methoxy groups -OCH3 is 1. The first-order chi connectivity index (χ1) is 12.1. The summed E-state index contributed by atoms with van der Waals surface area (Å²) in [6.07, 6.45) is 4.29. The van der Waals surface area contributed by atoms with Crippen LogP contribution in [-0.2, 0) is 16.0 Å². The second-order valence-electron chi connectivity index (χ2n) is 7.48. The Morgan fingerprint density at radius 2 is 2.20 bits per heavy atom. The van der Waals surface area contributed by atoms with Gasteiger partial charge in [0.25, 0.3) is 0 Å². The highest BCUT2D eigenvalue weighted by atomic mass is 32.2. The number of carbonyl (C=O) groups excluding carboxylic acids is 1. The molecule has 1 atom stereocenters. The first-order valence-electron chi connectivity index (χ1n) is 8.93. The summed E-state index contributed by atoms with van der Waals surface area (Å²) in [5.74, 6) is 2.01. The topological polar surface area (TPSA) is 38.8 Å². The number of thioether (sulfide) groups is 1. The summed E-state index contributed by atoms with van der Waals surface area (Å²) in [5, 5.41) is 0. The van der Waals surface area contributed by atoms with Crippen LogP contribution < -0.4 is 4.74 Å². The fraction of sp³-hybridized carbons (Fsp3) is 0.632. The van der Waals surface area contributed by atoms with Crippen LogP contribution in [-0.4, -0.2) is 54.2 Å². The number of nitrogens with zero attached hydrogens (tertiary/aromatic N) is 1. The van der Waals surface area contributed by atoms with E-state index in [0.717, 1.165) is 43.4 Å². The van der Waals surface area contributed by atoms with Crippen LogP contribution in [0.25, 0.3) is 0 Å². The van der Waals surface area contributed by atoms with E-state index in [2.05, 4.69) is 0 Å². The van der Waals surface area contributed by atoms with E-state index in [1.54, 1.807) is 6.07 Å². The molecule has 1 aromatic rings. The van der Waals surface area contributed by atoms with E-state index >= 15 is 0 Å². The minimum atomic E-state index is -0.351. The smallest absolute Gasteiger partial charge is 0.227 e. The van der Waals surface area contributed by atoms with Crippen molar-refractivity contribution in [3.63, 3.8) is 0 Å². The molecule has 4 nitrogen and oxygen atoms in total. The standard InChI is InChI=1S/C19H24FNO3S/c1-23-17-7-15(20)5-4-14(17)6-18(22)21-11-19(12-21)8-16(10-25-19)24-9-13-2-3-13/h4-5,7,13,16H,2-3,6,8-12H2,1H3/t16-/m1/s1. The Kier molecular flexibility index (Phi) is 4.67. The van der Waals surface area contributed by atoms with Crippen molar-refractivity contribution in [3.8, 4) is 5.75 Å². The third kappa shape index (κ3) is 3.80. The van der Waals surface area contributed by atoms with Gasteiger partial charge in [0.1, 0.15) is 11.6 Å². The monoisotopic (exact) mass is 365 g/mol. The molecule has 25 heavy (non-hydrogen) atoms. The molecule has 1 aliphatic carbocycles. The summed E-state index contributed by atoms with van der Waals surface area (Å²) >= 11 is 1.96. The summed E-state index contributed by atoms with van der Waals surface area (Å²) in [6, 6.07) is 4.33. The number of hydrogen-bond donors (Lipinski definition) is 0.